The minimum atomic E-state index is -0.0830. The van der Waals surface area contributed by atoms with E-state index in [2.05, 4.69) is 42.5 Å². The van der Waals surface area contributed by atoms with E-state index in [1.54, 1.807) is 0 Å². The van der Waals surface area contributed by atoms with Gasteiger partial charge in [-0.1, -0.05) is 42.5 Å². The van der Waals surface area contributed by atoms with Crippen molar-refractivity contribution in [3.63, 3.8) is 0 Å². The zero-order chi connectivity index (χ0) is 13.8. The number of hydrogen-bond donors (Lipinski definition) is 0. The predicted molar refractivity (Wildman–Crippen MR) is 80.2 cm³/mol. The van der Waals surface area contributed by atoms with E-state index in [1.165, 1.54) is 12.0 Å². The van der Waals surface area contributed by atoms with Crippen LogP contribution in [-0.4, -0.2) is 19.5 Å². The summed E-state index contributed by atoms with van der Waals surface area (Å²) in [6, 6.07) is 10.6. The largest absolute Gasteiger partial charge is 0.353 e. The van der Waals surface area contributed by atoms with E-state index in [4.69, 9.17) is 9.47 Å². The molecule has 0 spiro atoms. The van der Waals surface area contributed by atoms with E-state index in [9.17, 15) is 0 Å². The van der Waals surface area contributed by atoms with E-state index in [0.29, 0.717) is 13.2 Å². The van der Waals surface area contributed by atoms with Crippen LogP contribution in [0.3, 0.4) is 0 Å². The molecule has 0 saturated carbocycles. The SMILES string of the molecule is CCOC(C/C=C/CCCc1ccccc1)OCC. The van der Waals surface area contributed by atoms with E-state index >= 15 is 0 Å². The van der Waals surface area contributed by atoms with E-state index in [-0.39, 0.29) is 6.29 Å². The Bertz CT molecular complexity index is 326. The van der Waals surface area contributed by atoms with Crippen LogP contribution in [0.5, 0.6) is 0 Å². The molecule has 0 radical (unpaired) electrons. The Kier molecular flexibility index (Phi) is 9.03. The third-order valence-electron chi connectivity index (χ3n) is 2.88. The first-order chi connectivity index (χ1) is 9.36. The molecule has 0 aromatic heterocycles. The van der Waals surface area contributed by atoms with Crippen molar-refractivity contribution in [1.29, 1.82) is 0 Å². The van der Waals surface area contributed by atoms with Crippen molar-refractivity contribution in [3.8, 4) is 0 Å². The Morgan fingerprint density at radius 2 is 1.68 bits per heavy atom. The van der Waals surface area contributed by atoms with Crippen LogP contribution in [0, 0.1) is 0 Å². The second-order valence-electron chi connectivity index (χ2n) is 4.43. The monoisotopic (exact) mass is 262 g/mol. The highest BCUT2D eigenvalue weighted by Gasteiger charge is 2.03. The van der Waals surface area contributed by atoms with Gasteiger partial charge in [-0.15, -0.1) is 0 Å². The number of allylic oxidation sites excluding steroid dienone is 1. The van der Waals surface area contributed by atoms with E-state index in [1.807, 2.05) is 13.8 Å². The molecule has 0 fully saturated rings. The molecule has 0 amide bonds. The van der Waals surface area contributed by atoms with Gasteiger partial charge in [0.25, 0.3) is 0 Å². The number of benzene rings is 1. The third-order valence-corrected chi connectivity index (χ3v) is 2.88. The molecule has 0 saturated heterocycles. The topological polar surface area (TPSA) is 18.5 Å². The highest BCUT2D eigenvalue weighted by molar-refractivity contribution is 5.14. The van der Waals surface area contributed by atoms with Crippen LogP contribution in [0.1, 0.15) is 38.7 Å². The first-order valence-electron chi connectivity index (χ1n) is 7.29. The van der Waals surface area contributed by atoms with Gasteiger partial charge in [-0.25, -0.2) is 0 Å². The van der Waals surface area contributed by atoms with Crippen molar-refractivity contribution >= 4 is 0 Å². The Labute approximate surface area is 117 Å². The fourth-order valence-corrected chi connectivity index (χ4v) is 1.95. The molecule has 0 bridgehead atoms. The third kappa shape index (κ3) is 7.81. The van der Waals surface area contributed by atoms with Crippen molar-refractivity contribution in [2.24, 2.45) is 0 Å². The molecule has 2 nitrogen and oxygen atoms in total. The average Bonchev–Trinajstić information content (AvgIpc) is 2.44. The first-order valence-corrected chi connectivity index (χ1v) is 7.29. The molecule has 1 aromatic carbocycles. The molecule has 106 valence electrons. The summed E-state index contributed by atoms with van der Waals surface area (Å²) in [6.07, 6.45) is 8.60. The van der Waals surface area contributed by atoms with Crippen LogP contribution in [0.2, 0.25) is 0 Å². The molecular weight excluding hydrogens is 236 g/mol. The molecule has 0 aliphatic rings. The van der Waals surface area contributed by atoms with Crippen molar-refractivity contribution in [2.75, 3.05) is 13.2 Å². The summed E-state index contributed by atoms with van der Waals surface area (Å²) in [5, 5.41) is 0. The number of aryl methyl sites for hydroxylation is 1. The molecule has 0 heterocycles. The Morgan fingerprint density at radius 1 is 1.00 bits per heavy atom. The van der Waals surface area contributed by atoms with Crippen LogP contribution in [-0.2, 0) is 15.9 Å². The summed E-state index contributed by atoms with van der Waals surface area (Å²) < 4.78 is 11.0. The van der Waals surface area contributed by atoms with Gasteiger partial charge in [0, 0.05) is 19.6 Å². The van der Waals surface area contributed by atoms with Gasteiger partial charge >= 0.3 is 0 Å². The minimum Gasteiger partial charge on any atom is -0.353 e. The Hall–Kier alpha value is -1.12. The summed E-state index contributed by atoms with van der Waals surface area (Å²) in [6.45, 7) is 5.39. The lowest BCUT2D eigenvalue weighted by molar-refractivity contribution is -0.133. The predicted octanol–water partition coefficient (Wildman–Crippen LogP) is 4.35. The highest BCUT2D eigenvalue weighted by Crippen LogP contribution is 2.06. The summed E-state index contributed by atoms with van der Waals surface area (Å²) in [7, 11) is 0. The van der Waals surface area contributed by atoms with Gasteiger partial charge in [0.15, 0.2) is 6.29 Å². The first kappa shape index (κ1) is 15.9. The molecule has 0 atom stereocenters. The fraction of sp³-hybridized carbons (Fsp3) is 0.529. The molecule has 19 heavy (non-hydrogen) atoms. The minimum absolute atomic E-state index is 0.0830. The van der Waals surface area contributed by atoms with Crippen LogP contribution in [0.4, 0.5) is 0 Å². The lowest BCUT2D eigenvalue weighted by atomic mass is 10.1. The molecule has 2 heteroatoms. The van der Waals surface area contributed by atoms with Gasteiger partial charge in [0.1, 0.15) is 0 Å². The van der Waals surface area contributed by atoms with Gasteiger partial charge in [-0.05, 0) is 38.7 Å². The summed E-state index contributed by atoms with van der Waals surface area (Å²) >= 11 is 0. The van der Waals surface area contributed by atoms with Gasteiger partial charge < -0.3 is 9.47 Å². The molecule has 1 rings (SSSR count). The zero-order valence-electron chi connectivity index (χ0n) is 12.2. The second kappa shape index (κ2) is 10.8. The van der Waals surface area contributed by atoms with Crippen molar-refractivity contribution in [3.05, 3.63) is 48.0 Å². The van der Waals surface area contributed by atoms with Gasteiger partial charge in [-0.2, -0.15) is 0 Å². The summed E-state index contributed by atoms with van der Waals surface area (Å²) in [4.78, 5) is 0. The second-order valence-corrected chi connectivity index (χ2v) is 4.43. The zero-order valence-corrected chi connectivity index (χ0v) is 12.2. The maximum Gasteiger partial charge on any atom is 0.160 e. The van der Waals surface area contributed by atoms with Crippen LogP contribution in [0.25, 0.3) is 0 Å². The Morgan fingerprint density at radius 3 is 2.32 bits per heavy atom. The molecule has 0 unspecified atom stereocenters. The van der Waals surface area contributed by atoms with Crippen molar-refractivity contribution < 1.29 is 9.47 Å². The molecular formula is C17H26O2. The van der Waals surface area contributed by atoms with Crippen LogP contribution < -0.4 is 0 Å². The van der Waals surface area contributed by atoms with Gasteiger partial charge in [0.05, 0.1) is 0 Å². The fourth-order valence-electron chi connectivity index (χ4n) is 1.95. The summed E-state index contributed by atoms with van der Waals surface area (Å²) in [5.74, 6) is 0. The molecule has 0 N–H and O–H groups in total. The quantitative estimate of drug-likeness (QED) is 0.354. The summed E-state index contributed by atoms with van der Waals surface area (Å²) in [5.41, 5.74) is 1.41. The maximum atomic E-state index is 5.48. The number of ether oxygens (including phenoxy) is 2. The molecule has 0 aliphatic heterocycles. The van der Waals surface area contributed by atoms with Crippen LogP contribution >= 0.6 is 0 Å². The standard InChI is InChI=1S/C17H26O2/c1-3-18-17(19-4-2)15-11-6-5-8-12-16-13-9-7-10-14-16/h6-7,9-11,13-14,17H,3-5,8,12,15H2,1-2H3/b11-6+. The number of unbranched alkanes of at least 4 members (excludes halogenated alkanes) is 1. The number of hydrogen-bond acceptors (Lipinski definition) is 2. The highest BCUT2D eigenvalue weighted by atomic mass is 16.7. The van der Waals surface area contributed by atoms with Crippen molar-refractivity contribution in [2.45, 2.75) is 45.8 Å². The smallest absolute Gasteiger partial charge is 0.160 e. The Balaban J connectivity index is 2.12. The lowest BCUT2D eigenvalue weighted by Gasteiger charge is -2.14. The van der Waals surface area contributed by atoms with Gasteiger partial charge in [0.2, 0.25) is 0 Å². The average molecular weight is 262 g/mol. The van der Waals surface area contributed by atoms with Gasteiger partial charge in [-0.3, -0.25) is 0 Å². The van der Waals surface area contributed by atoms with Crippen molar-refractivity contribution in [1.82, 2.24) is 0 Å². The number of rotatable bonds is 10. The van der Waals surface area contributed by atoms with E-state index < -0.39 is 0 Å². The normalized spacial score (nSPS) is 11.5. The lowest BCUT2D eigenvalue weighted by Crippen LogP contribution is -2.16. The maximum absolute atomic E-state index is 5.48. The molecule has 0 aliphatic carbocycles. The van der Waals surface area contributed by atoms with E-state index in [0.717, 1.165) is 19.3 Å². The van der Waals surface area contributed by atoms with Crippen LogP contribution in [0.15, 0.2) is 42.5 Å². The molecule has 1 aromatic rings.